The Labute approximate surface area is 129 Å². The summed E-state index contributed by atoms with van der Waals surface area (Å²) < 4.78 is 0. The molecule has 1 aliphatic heterocycles. The first-order valence-corrected chi connectivity index (χ1v) is 6.77. The molecular weight excluding hydrogens is 294 g/mol. The van der Waals surface area contributed by atoms with Crippen molar-refractivity contribution in [1.29, 1.82) is 0 Å². The number of carbonyl (C=O) groups is 1. The first kappa shape index (κ1) is 17.4. The van der Waals surface area contributed by atoms with E-state index in [4.69, 9.17) is 0 Å². The lowest BCUT2D eigenvalue weighted by atomic mass is 9.99. The summed E-state index contributed by atoms with van der Waals surface area (Å²) in [5, 5.41) is 17.3. The Kier molecular flexibility index (Phi) is 6.11. The molecule has 0 bridgehead atoms. The molecule has 116 valence electrons. The minimum atomic E-state index is -0.491. The van der Waals surface area contributed by atoms with E-state index in [1.165, 1.54) is 6.07 Å². The lowest BCUT2D eigenvalue weighted by molar-refractivity contribution is -0.385. The number of nitrogens with one attached hydrogen (secondary N) is 2. The summed E-state index contributed by atoms with van der Waals surface area (Å²) in [5.74, 6) is -0.362. The van der Waals surface area contributed by atoms with E-state index in [2.05, 4.69) is 17.6 Å². The van der Waals surface area contributed by atoms with Crippen LogP contribution in [-0.2, 0) is 0 Å². The fourth-order valence-corrected chi connectivity index (χ4v) is 2.61. The van der Waals surface area contributed by atoms with Gasteiger partial charge in [0, 0.05) is 17.6 Å². The molecule has 0 aliphatic carbocycles. The molecule has 1 fully saturated rings. The van der Waals surface area contributed by atoms with Crippen LogP contribution in [0, 0.1) is 17.0 Å². The molecule has 0 radical (unpaired) electrons. The molecule has 1 saturated heterocycles. The summed E-state index contributed by atoms with van der Waals surface area (Å²) >= 11 is 0. The van der Waals surface area contributed by atoms with Gasteiger partial charge in [-0.05, 0) is 39.3 Å². The number of halogens is 1. The molecule has 2 rings (SSSR count). The second-order valence-electron chi connectivity index (χ2n) is 5.28. The highest BCUT2D eigenvalue weighted by Crippen LogP contribution is 2.23. The number of para-hydroxylation sites is 1. The average Bonchev–Trinajstić information content (AvgIpc) is 2.37. The van der Waals surface area contributed by atoms with Crippen LogP contribution in [0.15, 0.2) is 18.2 Å². The number of benzene rings is 1. The number of nitrogens with zero attached hydrogens (tertiary/aromatic N) is 1. The fraction of sp³-hybridized carbons (Fsp3) is 0.500. The SMILES string of the molecule is Cc1cccc(C(=O)NC2CCNC(C)C2)c1[N+](=O)[O-].Cl. The molecule has 1 aromatic carbocycles. The Hall–Kier alpha value is -1.66. The molecular formula is C14H20ClN3O3. The molecule has 1 amide bonds. The lowest BCUT2D eigenvalue weighted by Crippen LogP contribution is -2.46. The van der Waals surface area contributed by atoms with Crippen LogP contribution in [0.1, 0.15) is 35.7 Å². The van der Waals surface area contributed by atoms with Gasteiger partial charge in [0.05, 0.1) is 4.92 Å². The highest BCUT2D eigenvalue weighted by atomic mass is 35.5. The van der Waals surface area contributed by atoms with Gasteiger partial charge in [-0.1, -0.05) is 12.1 Å². The number of carbonyl (C=O) groups excluding carboxylic acids is 1. The van der Waals surface area contributed by atoms with Gasteiger partial charge in [0.25, 0.3) is 11.6 Å². The Morgan fingerprint density at radius 1 is 1.48 bits per heavy atom. The number of hydrogen-bond acceptors (Lipinski definition) is 4. The van der Waals surface area contributed by atoms with Crippen molar-refractivity contribution in [3.05, 3.63) is 39.4 Å². The van der Waals surface area contributed by atoms with Crippen LogP contribution in [0.2, 0.25) is 0 Å². The first-order chi connectivity index (χ1) is 9.49. The maximum Gasteiger partial charge on any atom is 0.285 e. The van der Waals surface area contributed by atoms with Gasteiger partial charge < -0.3 is 10.6 Å². The van der Waals surface area contributed by atoms with E-state index in [1.54, 1.807) is 19.1 Å². The monoisotopic (exact) mass is 313 g/mol. The van der Waals surface area contributed by atoms with E-state index < -0.39 is 4.92 Å². The standard InChI is InChI=1S/C14H19N3O3.ClH/c1-9-4-3-5-12(13(9)17(19)20)14(18)16-11-6-7-15-10(2)8-11;/h3-5,10-11,15H,6-8H2,1-2H3,(H,16,18);1H. The summed E-state index contributed by atoms with van der Waals surface area (Å²) in [6, 6.07) is 5.23. The Morgan fingerprint density at radius 2 is 2.19 bits per heavy atom. The zero-order chi connectivity index (χ0) is 14.7. The summed E-state index contributed by atoms with van der Waals surface area (Å²) in [6.45, 7) is 4.55. The van der Waals surface area contributed by atoms with Crippen molar-refractivity contribution in [3.63, 3.8) is 0 Å². The van der Waals surface area contributed by atoms with Gasteiger partial charge in [0.2, 0.25) is 0 Å². The second-order valence-corrected chi connectivity index (χ2v) is 5.28. The summed E-state index contributed by atoms with van der Waals surface area (Å²) in [7, 11) is 0. The van der Waals surface area contributed by atoms with Crippen LogP contribution in [-0.4, -0.2) is 29.5 Å². The molecule has 6 nitrogen and oxygen atoms in total. The van der Waals surface area contributed by atoms with Crippen molar-refractivity contribution >= 4 is 24.0 Å². The van der Waals surface area contributed by atoms with Crippen molar-refractivity contribution in [2.24, 2.45) is 0 Å². The van der Waals surface area contributed by atoms with Gasteiger partial charge in [-0.25, -0.2) is 0 Å². The van der Waals surface area contributed by atoms with Crippen LogP contribution >= 0.6 is 12.4 Å². The average molecular weight is 314 g/mol. The van der Waals surface area contributed by atoms with Crippen molar-refractivity contribution in [1.82, 2.24) is 10.6 Å². The summed E-state index contributed by atoms with van der Waals surface area (Å²) in [5.41, 5.74) is 0.537. The van der Waals surface area contributed by atoms with E-state index in [-0.39, 0.29) is 35.6 Å². The number of hydrogen-bond donors (Lipinski definition) is 2. The maximum absolute atomic E-state index is 12.3. The number of aryl methyl sites for hydroxylation is 1. The molecule has 1 heterocycles. The first-order valence-electron chi connectivity index (χ1n) is 6.77. The number of nitro benzene ring substituents is 1. The number of rotatable bonds is 3. The predicted molar refractivity (Wildman–Crippen MR) is 83.0 cm³/mol. The molecule has 1 aromatic rings. The van der Waals surface area contributed by atoms with Gasteiger partial charge in [0.15, 0.2) is 0 Å². The quantitative estimate of drug-likeness (QED) is 0.662. The number of nitro groups is 1. The van der Waals surface area contributed by atoms with E-state index in [0.717, 1.165) is 19.4 Å². The summed E-state index contributed by atoms with van der Waals surface area (Å²) in [4.78, 5) is 22.9. The highest BCUT2D eigenvalue weighted by Gasteiger charge is 2.25. The van der Waals surface area contributed by atoms with Crippen molar-refractivity contribution in [2.45, 2.75) is 38.8 Å². The van der Waals surface area contributed by atoms with Crippen LogP contribution in [0.4, 0.5) is 5.69 Å². The van der Waals surface area contributed by atoms with Crippen LogP contribution in [0.5, 0.6) is 0 Å². The second kappa shape index (κ2) is 7.38. The lowest BCUT2D eigenvalue weighted by Gasteiger charge is -2.28. The molecule has 0 spiro atoms. The third-order valence-corrected chi connectivity index (χ3v) is 3.62. The van der Waals surface area contributed by atoms with Gasteiger partial charge in [-0.2, -0.15) is 0 Å². The molecule has 2 atom stereocenters. The Morgan fingerprint density at radius 3 is 2.81 bits per heavy atom. The van der Waals surface area contributed by atoms with E-state index >= 15 is 0 Å². The number of piperidine rings is 1. The van der Waals surface area contributed by atoms with Gasteiger partial charge in [0.1, 0.15) is 5.56 Å². The van der Waals surface area contributed by atoms with Gasteiger partial charge in [-0.15, -0.1) is 12.4 Å². The zero-order valence-electron chi connectivity index (χ0n) is 12.1. The van der Waals surface area contributed by atoms with Crippen molar-refractivity contribution in [2.75, 3.05) is 6.54 Å². The van der Waals surface area contributed by atoms with Crippen molar-refractivity contribution in [3.8, 4) is 0 Å². The smallest absolute Gasteiger partial charge is 0.285 e. The topological polar surface area (TPSA) is 84.3 Å². The third-order valence-electron chi connectivity index (χ3n) is 3.62. The third kappa shape index (κ3) is 4.15. The van der Waals surface area contributed by atoms with E-state index in [9.17, 15) is 14.9 Å². The molecule has 7 heteroatoms. The zero-order valence-corrected chi connectivity index (χ0v) is 12.9. The molecule has 2 N–H and O–H groups in total. The normalized spacial score (nSPS) is 21.2. The fourth-order valence-electron chi connectivity index (χ4n) is 2.61. The summed E-state index contributed by atoms with van der Waals surface area (Å²) in [6.07, 6.45) is 1.68. The Balaban J connectivity index is 0.00000220. The van der Waals surface area contributed by atoms with Crippen LogP contribution in [0.25, 0.3) is 0 Å². The maximum atomic E-state index is 12.3. The van der Waals surface area contributed by atoms with Gasteiger partial charge >= 0.3 is 0 Å². The number of amides is 1. The van der Waals surface area contributed by atoms with Crippen molar-refractivity contribution < 1.29 is 9.72 Å². The minimum absolute atomic E-state index is 0. The largest absolute Gasteiger partial charge is 0.349 e. The molecule has 1 aliphatic rings. The molecule has 2 unspecified atom stereocenters. The van der Waals surface area contributed by atoms with E-state index in [1.807, 2.05) is 0 Å². The predicted octanol–water partition coefficient (Wildman–Crippen LogP) is 2.20. The van der Waals surface area contributed by atoms with Crippen LogP contribution < -0.4 is 10.6 Å². The molecule has 21 heavy (non-hydrogen) atoms. The van der Waals surface area contributed by atoms with Crippen LogP contribution in [0.3, 0.4) is 0 Å². The minimum Gasteiger partial charge on any atom is -0.349 e. The Bertz CT molecular complexity index is 536. The highest BCUT2D eigenvalue weighted by molar-refractivity contribution is 5.98. The molecule has 0 saturated carbocycles. The van der Waals surface area contributed by atoms with E-state index in [0.29, 0.717) is 11.6 Å². The molecule has 0 aromatic heterocycles. The van der Waals surface area contributed by atoms with Gasteiger partial charge in [-0.3, -0.25) is 14.9 Å².